The maximum Gasteiger partial charge on any atom is 0.0557 e. The van der Waals surface area contributed by atoms with Gasteiger partial charge in [-0.15, -0.1) is 0 Å². The van der Waals surface area contributed by atoms with Crippen LogP contribution in [0.4, 0.5) is 11.4 Å². The predicted molar refractivity (Wildman–Crippen MR) is 62.9 cm³/mol. The average Bonchev–Trinajstić information content (AvgIpc) is 2.43. The summed E-state index contributed by atoms with van der Waals surface area (Å²) in [6.45, 7) is 1.94. The van der Waals surface area contributed by atoms with E-state index < -0.39 is 0 Å². The smallest absolute Gasteiger partial charge is 0.0557 e. The Bertz CT molecular complexity index is 327. The molecular weight excluding hydrogens is 188 g/mol. The fourth-order valence-electron chi connectivity index (χ4n) is 2.06. The number of aliphatic hydroxyl groups excluding tert-OH is 1. The summed E-state index contributed by atoms with van der Waals surface area (Å²) in [5, 5.41) is 9.56. The number of rotatable bonds is 1. The Morgan fingerprint density at radius 1 is 1.27 bits per heavy atom. The number of benzene rings is 1. The third kappa shape index (κ3) is 2.63. The topological polar surface area (TPSA) is 49.5 Å². The molecule has 1 aliphatic rings. The van der Waals surface area contributed by atoms with Crippen LogP contribution in [0.3, 0.4) is 0 Å². The highest BCUT2D eigenvalue weighted by molar-refractivity contribution is 5.55. The van der Waals surface area contributed by atoms with Crippen molar-refractivity contribution in [3.63, 3.8) is 0 Å². The molecule has 3 N–H and O–H groups in total. The van der Waals surface area contributed by atoms with Gasteiger partial charge in [0.15, 0.2) is 0 Å². The minimum absolute atomic E-state index is 0.129. The molecule has 82 valence electrons. The van der Waals surface area contributed by atoms with Gasteiger partial charge in [-0.1, -0.05) is 6.07 Å². The van der Waals surface area contributed by atoms with Crippen LogP contribution in [-0.4, -0.2) is 24.3 Å². The molecule has 15 heavy (non-hydrogen) atoms. The second-order valence-electron chi connectivity index (χ2n) is 4.17. The second-order valence-corrected chi connectivity index (χ2v) is 4.17. The predicted octanol–water partition coefficient (Wildman–Crippen LogP) is 1.62. The molecule has 1 aliphatic heterocycles. The summed E-state index contributed by atoms with van der Waals surface area (Å²) < 4.78 is 0. The van der Waals surface area contributed by atoms with Crippen LogP contribution in [0.2, 0.25) is 0 Å². The lowest BCUT2D eigenvalue weighted by Gasteiger charge is -2.22. The molecular formula is C12H18N2O. The maximum atomic E-state index is 9.56. The van der Waals surface area contributed by atoms with Crippen molar-refractivity contribution in [3.05, 3.63) is 24.3 Å². The Labute approximate surface area is 90.5 Å². The largest absolute Gasteiger partial charge is 0.399 e. The summed E-state index contributed by atoms with van der Waals surface area (Å²) in [6, 6.07) is 7.95. The van der Waals surface area contributed by atoms with E-state index in [9.17, 15) is 5.11 Å². The van der Waals surface area contributed by atoms with Crippen molar-refractivity contribution in [2.24, 2.45) is 0 Å². The first kappa shape index (κ1) is 10.3. The van der Waals surface area contributed by atoms with E-state index in [0.29, 0.717) is 0 Å². The summed E-state index contributed by atoms with van der Waals surface area (Å²) in [4.78, 5) is 2.30. The van der Waals surface area contributed by atoms with E-state index in [1.54, 1.807) is 0 Å². The van der Waals surface area contributed by atoms with Crippen LogP contribution in [0.25, 0.3) is 0 Å². The molecule has 0 aliphatic carbocycles. The van der Waals surface area contributed by atoms with Gasteiger partial charge in [0.2, 0.25) is 0 Å². The Morgan fingerprint density at radius 3 is 2.93 bits per heavy atom. The molecule has 1 aromatic rings. The Morgan fingerprint density at radius 2 is 2.13 bits per heavy atom. The highest BCUT2D eigenvalue weighted by Crippen LogP contribution is 2.21. The molecule has 0 amide bonds. The molecule has 3 nitrogen and oxygen atoms in total. The maximum absolute atomic E-state index is 9.56. The lowest BCUT2D eigenvalue weighted by Crippen LogP contribution is -2.24. The third-order valence-electron chi connectivity index (χ3n) is 2.93. The van der Waals surface area contributed by atoms with Gasteiger partial charge in [-0.2, -0.15) is 0 Å². The van der Waals surface area contributed by atoms with E-state index in [1.165, 1.54) is 5.69 Å². The number of nitrogens with zero attached hydrogens (tertiary/aromatic N) is 1. The quantitative estimate of drug-likeness (QED) is 0.686. The highest BCUT2D eigenvalue weighted by Gasteiger charge is 2.14. The first-order valence-electron chi connectivity index (χ1n) is 5.54. The van der Waals surface area contributed by atoms with Gasteiger partial charge in [0.1, 0.15) is 0 Å². The van der Waals surface area contributed by atoms with E-state index >= 15 is 0 Å². The van der Waals surface area contributed by atoms with Crippen LogP contribution < -0.4 is 10.6 Å². The van der Waals surface area contributed by atoms with Crippen molar-refractivity contribution < 1.29 is 5.11 Å². The molecule has 1 fully saturated rings. The summed E-state index contributed by atoms with van der Waals surface area (Å²) in [7, 11) is 0. The molecule has 1 atom stereocenters. The normalized spacial score (nSPS) is 22.5. The van der Waals surface area contributed by atoms with E-state index in [2.05, 4.69) is 11.0 Å². The number of hydrogen-bond donors (Lipinski definition) is 2. The van der Waals surface area contributed by atoms with Crippen molar-refractivity contribution in [1.29, 1.82) is 0 Å². The molecule has 0 aromatic heterocycles. The summed E-state index contributed by atoms with van der Waals surface area (Å²) in [5.41, 5.74) is 7.73. The van der Waals surface area contributed by atoms with Crippen molar-refractivity contribution >= 4 is 11.4 Å². The van der Waals surface area contributed by atoms with E-state index in [-0.39, 0.29) is 6.10 Å². The molecule has 1 aromatic carbocycles. The molecule has 1 unspecified atom stereocenters. The summed E-state index contributed by atoms with van der Waals surface area (Å²) in [6.07, 6.45) is 2.69. The van der Waals surface area contributed by atoms with E-state index in [4.69, 9.17) is 5.73 Å². The van der Waals surface area contributed by atoms with Gasteiger partial charge in [-0.25, -0.2) is 0 Å². The summed E-state index contributed by atoms with van der Waals surface area (Å²) in [5.74, 6) is 0. The lowest BCUT2D eigenvalue weighted by molar-refractivity contribution is 0.161. The van der Waals surface area contributed by atoms with Crippen molar-refractivity contribution in [2.75, 3.05) is 23.7 Å². The third-order valence-corrected chi connectivity index (χ3v) is 2.93. The van der Waals surface area contributed by atoms with Gasteiger partial charge in [0.05, 0.1) is 6.10 Å². The molecule has 1 heterocycles. The van der Waals surface area contributed by atoms with E-state index in [0.717, 1.165) is 38.0 Å². The van der Waals surface area contributed by atoms with Crippen molar-refractivity contribution in [3.8, 4) is 0 Å². The standard InChI is InChI=1S/C12H18N2O/c13-10-3-1-4-11(9-10)14-7-2-5-12(15)6-8-14/h1,3-4,9,12,15H,2,5-8,13H2. The average molecular weight is 206 g/mol. The second kappa shape index (κ2) is 4.53. The number of anilines is 2. The van der Waals surface area contributed by atoms with Crippen LogP contribution in [0, 0.1) is 0 Å². The molecule has 0 saturated carbocycles. The van der Waals surface area contributed by atoms with Crippen LogP contribution >= 0.6 is 0 Å². The lowest BCUT2D eigenvalue weighted by atomic mass is 10.2. The Balaban J connectivity index is 2.09. The van der Waals surface area contributed by atoms with Crippen LogP contribution in [0.1, 0.15) is 19.3 Å². The zero-order chi connectivity index (χ0) is 10.7. The molecule has 1 saturated heterocycles. The van der Waals surface area contributed by atoms with Gasteiger partial charge >= 0.3 is 0 Å². The fraction of sp³-hybridized carbons (Fsp3) is 0.500. The Hall–Kier alpha value is -1.22. The Kier molecular flexibility index (Phi) is 3.11. The monoisotopic (exact) mass is 206 g/mol. The zero-order valence-corrected chi connectivity index (χ0v) is 8.89. The van der Waals surface area contributed by atoms with Crippen LogP contribution in [0.5, 0.6) is 0 Å². The van der Waals surface area contributed by atoms with Gasteiger partial charge in [-0.05, 0) is 37.5 Å². The molecule has 3 heteroatoms. The SMILES string of the molecule is Nc1cccc(N2CCCC(O)CC2)c1. The number of aliphatic hydroxyl groups is 1. The number of nitrogens with two attached hydrogens (primary N) is 1. The van der Waals surface area contributed by atoms with Crippen molar-refractivity contribution in [2.45, 2.75) is 25.4 Å². The molecule has 0 bridgehead atoms. The van der Waals surface area contributed by atoms with Crippen LogP contribution in [0.15, 0.2) is 24.3 Å². The first-order chi connectivity index (χ1) is 7.25. The molecule has 2 rings (SSSR count). The highest BCUT2D eigenvalue weighted by atomic mass is 16.3. The van der Waals surface area contributed by atoms with Crippen molar-refractivity contribution in [1.82, 2.24) is 0 Å². The zero-order valence-electron chi connectivity index (χ0n) is 8.89. The summed E-state index contributed by atoms with van der Waals surface area (Å²) >= 11 is 0. The number of hydrogen-bond acceptors (Lipinski definition) is 3. The van der Waals surface area contributed by atoms with Gasteiger partial charge in [-0.3, -0.25) is 0 Å². The molecule has 0 spiro atoms. The van der Waals surface area contributed by atoms with Gasteiger partial charge in [0, 0.05) is 24.5 Å². The van der Waals surface area contributed by atoms with Gasteiger partial charge in [0.25, 0.3) is 0 Å². The minimum Gasteiger partial charge on any atom is -0.399 e. The number of nitrogen functional groups attached to an aromatic ring is 1. The first-order valence-corrected chi connectivity index (χ1v) is 5.54. The van der Waals surface area contributed by atoms with Gasteiger partial charge < -0.3 is 15.7 Å². The fourth-order valence-corrected chi connectivity index (χ4v) is 2.06. The van der Waals surface area contributed by atoms with E-state index in [1.807, 2.05) is 18.2 Å². The molecule has 0 radical (unpaired) electrons. The van der Waals surface area contributed by atoms with Crippen LogP contribution in [-0.2, 0) is 0 Å². The minimum atomic E-state index is -0.129.